The molecule has 5 nitrogen and oxygen atoms in total. The molecule has 3 amide bonds. The standard InChI is InChI=1S/C11H10N2O3/c1-6(9(12)14)13-10(15)7-4-2-3-5-8(7)11(13)16/h2-6H,1H3,(H2,12,14)/t6-/m1/s1. The number of carbonyl (C=O) groups excluding carboxylic acids is 3. The van der Waals surface area contributed by atoms with Crippen LogP contribution in [0.5, 0.6) is 0 Å². The number of benzene rings is 1. The van der Waals surface area contributed by atoms with Crippen LogP contribution < -0.4 is 5.73 Å². The van der Waals surface area contributed by atoms with Gasteiger partial charge in [-0.1, -0.05) is 12.1 Å². The lowest BCUT2D eigenvalue weighted by Crippen LogP contribution is -2.45. The van der Waals surface area contributed by atoms with Gasteiger partial charge in [0.1, 0.15) is 6.04 Å². The van der Waals surface area contributed by atoms with E-state index in [1.54, 1.807) is 24.3 Å². The van der Waals surface area contributed by atoms with E-state index in [4.69, 9.17) is 5.73 Å². The summed E-state index contributed by atoms with van der Waals surface area (Å²) >= 11 is 0. The second-order valence-electron chi connectivity index (χ2n) is 3.60. The molecule has 0 aromatic heterocycles. The Bertz CT molecular complexity index is 461. The summed E-state index contributed by atoms with van der Waals surface area (Å²) in [5, 5.41) is 0. The van der Waals surface area contributed by atoms with Crippen LogP contribution in [0.4, 0.5) is 0 Å². The summed E-state index contributed by atoms with van der Waals surface area (Å²) in [4.78, 5) is 35.6. The number of primary amides is 1. The molecule has 0 unspecified atom stereocenters. The zero-order chi connectivity index (χ0) is 11.9. The number of carbonyl (C=O) groups is 3. The maximum atomic E-state index is 11.9. The predicted molar refractivity (Wildman–Crippen MR) is 55.6 cm³/mol. The van der Waals surface area contributed by atoms with Crippen molar-refractivity contribution in [1.82, 2.24) is 4.90 Å². The van der Waals surface area contributed by atoms with E-state index in [-0.39, 0.29) is 0 Å². The molecule has 16 heavy (non-hydrogen) atoms. The number of imide groups is 1. The topological polar surface area (TPSA) is 80.5 Å². The van der Waals surface area contributed by atoms with Crippen LogP contribution in [0.2, 0.25) is 0 Å². The molecular weight excluding hydrogens is 208 g/mol. The number of amides is 3. The van der Waals surface area contributed by atoms with Gasteiger partial charge in [-0.25, -0.2) is 0 Å². The molecule has 1 aromatic rings. The van der Waals surface area contributed by atoms with E-state index in [0.29, 0.717) is 11.1 Å². The number of nitrogens with zero attached hydrogens (tertiary/aromatic N) is 1. The maximum Gasteiger partial charge on any atom is 0.262 e. The van der Waals surface area contributed by atoms with E-state index < -0.39 is 23.8 Å². The van der Waals surface area contributed by atoms with Crippen LogP contribution in [-0.4, -0.2) is 28.7 Å². The first-order chi connectivity index (χ1) is 7.54. The fraction of sp³-hybridized carbons (Fsp3) is 0.182. The van der Waals surface area contributed by atoms with E-state index in [0.717, 1.165) is 4.90 Å². The smallest absolute Gasteiger partial charge is 0.262 e. The highest BCUT2D eigenvalue weighted by Gasteiger charge is 2.39. The van der Waals surface area contributed by atoms with Crippen molar-refractivity contribution in [3.8, 4) is 0 Å². The van der Waals surface area contributed by atoms with Crippen LogP contribution in [0.15, 0.2) is 24.3 Å². The lowest BCUT2D eigenvalue weighted by atomic mass is 10.1. The average molecular weight is 218 g/mol. The van der Waals surface area contributed by atoms with Gasteiger partial charge in [-0.2, -0.15) is 0 Å². The molecular formula is C11H10N2O3. The Hall–Kier alpha value is -2.17. The Labute approximate surface area is 91.8 Å². The zero-order valence-electron chi connectivity index (χ0n) is 8.64. The van der Waals surface area contributed by atoms with E-state index in [9.17, 15) is 14.4 Å². The molecule has 82 valence electrons. The summed E-state index contributed by atoms with van der Waals surface area (Å²) in [6.45, 7) is 1.43. The Morgan fingerprint density at radius 3 is 2.00 bits per heavy atom. The van der Waals surface area contributed by atoms with Crippen LogP contribution >= 0.6 is 0 Å². The van der Waals surface area contributed by atoms with Crippen LogP contribution in [-0.2, 0) is 4.79 Å². The lowest BCUT2D eigenvalue weighted by molar-refractivity contribution is -0.121. The number of nitrogens with two attached hydrogens (primary N) is 1. The molecule has 0 spiro atoms. The fourth-order valence-corrected chi connectivity index (χ4v) is 1.69. The predicted octanol–water partition coefficient (Wildman–Crippen LogP) is 0.156. The SMILES string of the molecule is C[C@H](C(N)=O)N1C(=O)c2ccccc2C1=O. The molecule has 1 atom stereocenters. The lowest BCUT2D eigenvalue weighted by Gasteiger charge is -2.18. The van der Waals surface area contributed by atoms with Gasteiger partial charge in [-0.15, -0.1) is 0 Å². The van der Waals surface area contributed by atoms with Crippen molar-refractivity contribution in [3.05, 3.63) is 35.4 Å². The first-order valence-corrected chi connectivity index (χ1v) is 4.80. The van der Waals surface area contributed by atoms with Gasteiger partial charge in [-0.05, 0) is 19.1 Å². The molecule has 1 aliphatic heterocycles. The van der Waals surface area contributed by atoms with Gasteiger partial charge in [0.2, 0.25) is 5.91 Å². The van der Waals surface area contributed by atoms with E-state index in [1.165, 1.54) is 6.92 Å². The molecule has 1 aromatic carbocycles. The van der Waals surface area contributed by atoms with E-state index >= 15 is 0 Å². The molecule has 0 fully saturated rings. The van der Waals surface area contributed by atoms with Crippen LogP contribution in [0.1, 0.15) is 27.6 Å². The summed E-state index contributed by atoms with van der Waals surface area (Å²) in [7, 11) is 0. The normalized spacial score (nSPS) is 16.2. The minimum Gasteiger partial charge on any atom is -0.368 e. The Balaban J connectivity index is 2.46. The number of rotatable bonds is 2. The van der Waals surface area contributed by atoms with Crippen molar-refractivity contribution in [2.45, 2.75) is 13.0 Å². The molecule has 0 saturated heterocycles. The fourth-order valence-electron chi connectivity index (χ4n) is 1.69. The first-order valence-electron chi connectivity index (χ1n) is 4.80. The quantitative estimate of drug-likeness (QED) is 0.718. The van der Waals surface area contributed by atoms with Gasteiger partial charge >= 0.3 is 0 Å². The number of hydrogen-bond donors (Lipinski definition) is 1. The number of hydrogen-bond acceptors (Lipinski definition) is 3. The molecule has 1 heterocycles. The summed E-state index contributed by atoms with van der Waals surface area (Å²) in [6, 6.07) is 5.53. The highest BCUT2D eigenvalue weighted by Crippen LogP contribution is 2.24. The van der Waals surface area contributed by atoms with Crippen LogP contribution in [0, 0.1) is 0 Å². The molecule has 0 saturated carbocycles. The molecule has 2 rings (SSSR count). The molecule has 2 N–H and O–H groups in total. The summed E-state index contributed by atoms with van der Waals surface area (Å²) in [5.41, 5.74) is 5.73. The second-order valence-corrected chi connectivity index (χ2v) is 3.60. The highest BCUT2D eigenvalue weighted by molar-refractivity contribution is 6.22. The Morgan fingerprint density at radius 1 is 1.19 bits per heavy atom. The van der Waals surface area contributed by atoms with Crippen molar-refractivity contribution >= 4 is 17.7 Å². The summed E-state index contributed by atoms with van der Waals surface area (Å²) in [5.74, 6) is -1.63. The monoisotopic (exact) mass is 218 g/mol. The Morgan fingerprint density at radius 2 is 1.62 bits per heavy atom. The minimum absolute atomic E-state index is 0.320. The van der Waals surface area contributed by atoms with E-state index in [1.807, 2.05) is 0 Å². The van der Waals surface area contributed by atoms with Crippen molar-refractivity contribution < 1.29 is 14.4 Å². The maximum absolute atomic E-state index is 11.9. The third kappa shape index (κ3) is 1.29. The minimum atomic E-state index is -0.924. The van der Waals surface area contributed by atoms with Crippen molar-refractivity contribution in [3.63, 3.8) is 0 Å². The van der Waals surface area contributed by atoms with Crippen molar-refractivity contribution in [1.29, 1.82) is 0 Å². The van der Waals surface area contributed by atoms with Gasteiger partial charge in [0, 0.05) is 0 Å². The molecule has 5 heteroatoms. The van der Waals surface area contributed by atoms with Gasteiger partial charge in [0.15, 0.2) is 0 Å². The summed E-state index contributed by atoms with van der Waals surface area (Å²) in [6.07, 6.45) is 0. The molecule has 0 aliphatic carbocycles. The Kier molecular flexibility index (Phi) is 2.23. The van der Waals surface area contributed by atoms with Crippen molar-refractivity contribution in [2.75, 3.05) is 0 Å². The highest BCUT2D eigenvalue weighted by atomic mass is 16.2. The van der Waals surface area contributed by atoms with Gasteiger partial charge in [0.05, 0.1) is 11.1 Å². The third-order valence-corrected chi connectivity index (χ3v) is 2.62. The third-order valence-electron chi connectivity index (χ3n) is 2.62. The number of fused-ring (bicyclic) bond motifs is 1. The zero-order valence-corrected chi connectivity index (χ0v) is 8.64. The van der Waals surface area contributed by atoms with Crippen LogP contribution in [0.25, 0.3) is 0 Å². The molecule has 1 aliphatic rings. The molecule has 0 bridgehead atoms. The van der Waals surface area contributed by atoms with Crippen molar-refractivity contribution in [2.24, 2.45) is 5.73 Å². The summed E-state index contributed by atoms with van der Waals surface area (Å²) < 4.78 is 0. The van der Waals surface area contributed by atoms with Gasteiger partial charge < -0.3 is 5.73 Å². The van der Waals surface area contributed by atoms with E-state index in [2.05, 4.69) is 0 Å². The molecule has 0 radical (unpaired) electrons. The van der Waals surface area contributed by atoms with Crippen LogP contribution in [0.3, 0.4) is 0 Å². The largest absolute Gasteiger partial charge is 0.368 e. The van der Waals surface area contributed by atoms with Gasteiger partial charge in [-0.3, -0.25) is 19.3 Å². The second kappa shape index (κ2) is 3.44. The average Bonchev–Trinajstić information content (AvgIpc) is 2.52. The first kappa shape index (κ1) is 10.4. The van der Waals surface area contributed by atoms with Gasteiger partial charge in [0.25, 0.3) is 11.8 Å².